The molecule has 1 aliphatic carbocycles. The lowest BCUT2D eigenvalue weighted by atomic mass is 9.73. The first kappa shape index (κ1) is 17.2. The molecule has 1 fully saturated rings. The van der Waals surface area contributed by atoms with E-state index >= 15 is 0 Å². The Morgan fingerprint density at radius 2 is 1.37 bits per heavy atom. The zero-order chi connectivity index (χ0) is 18.9. The third-order valence-corrected chi connectivity index (χ3v) is 7.83. The van der Waals surface area contributed by atoms with Crippen LogP contribution in [0.1, 0.15) is 35.1 Å². The third kappa shape index (κ3) is 1.92. The average Bonchev–Trinajstić information content (AvgIpc) is 3.09. The van der Waals surface area contributed by atoms with Crippen molar-refractivity contribution in [1.82, 2.24) is 0 Å². The molecule has 0 spiro atoms. The van der Waals surface area contributed by atoms with Crippen molar-refractivity contribution in [3.63, 3.8) is 0 Å². The lowest BCUT2D eigenvalue weighted by Crippen LogP contribution is -2.33. The Morgan fingerprint density at radius 1 is 0.778 bits per heavy atom. The number of aryl methyl sites for hydroxylation is 1. The Balaban J connectivity index is 1.82. The van der Waals surface area contributed by atoms with Crippen LogP contribution in [0, 0.1) is 12.3 Å². The Morgan fingerprint density at radius 3 is 2.07 bits per heavy atom. The fraction of sp³-hybridized carbons (Fsp3) is 0.250. The summed E-state index contributed by atoms with van der Waals surface area (Å²) >= 11 is 14.1. The molecule has 0 N–H and O–H groups in total. The molecule has 5 rings (SSSR count). The van der Waals surface area contributed by atoms with Gasteiger partial charge < -0.3 is 4.74 Å². The number of alkyl halides is 2. The molecule has 1 saturated carbocycles. The van der Waals surface area contributed by atoms with Gasteiger partial charge in [-0.2, -0.15) is 0 Å². The summed E-state index contributed by atoms with van der Waals surface area (Å²) in [4.78, 5) is 0. The largest absolute Gasteiger partial charge is 0.478 e. The second kappa shape index (κ2) is 5.53. The molecule has 3 aromatic carbocycles. The molecule has 3 heteroatoms. The molecular weight excluding hydrogens is 375 g/mol. The van der Waals surface area contributed by atoms with Crippen LogP contribution in [0.25, 0.3) is 0 Å². The minimum Gasteiger partial charge on any atom is -0.478 e. The van der Waals surface area contributed by atoms with Crippen LogP contribution in [-0.2, 0) is 5.60 Å². The smallest absolute Gasteiger partial charge is 0.177 e. The summed E-state index contributed by atoms with van der Waals surface area (Å²) in [6, 6.07) is 26.8. The van der Waals surface area contributed by atoms with E-state index in [0.717, 1.165) is 16.9 Å². The average molecular weight is 395 g/mol. The van der Waals surface area contributed by atoms with Gasteiger partial charge in [-0.3, -0.25) is 0 Å². The van der Waals surface area contributed by atoms with E-state index in [1.54, 1.807) is 0 Å². The van der Waals surface area contributed by atoms with Crippen molar-refractivity contribution in [2.45, 2.75) is 29.7 Å². The standard InChI is InChI=1S/C24H20Cl2O/c1-16-10-6-7-13-18(16)21-19-14-8-9-15-20(19)27-23(17-11-4-3-5-12-17)22(21,2)24(23,25)26/h3-15,21H,1-2H3/t21-,22+,23-/m0/s1. The van der Waals surface area contributed by atoms with Crippen molar-refractivity contribution in [3.05, 3.63) is 101 Å². The van der Waals surface area contributed by atoms with E-state index in [1.807, 2.05) is 30.3 Å². The third-order valence-electron chi connectivity index (χ3n) is 6.51. The minimum atomic E-state index is -1.05. The molecule has 0 unspecified atom stereocenters. The van der Waals surface area contributed by atoms with Gasteiger partial charge in [0.1, 0.15) is 5.75 Å². The van der Waals surface area contributed by atoms with Gasteiger partial charge in [0.25, 0.3) is 0 Å². The van der Waals surface area contributed by atoms with Gasteiger partial charge in [0.15, 0.2) is 9.93 Å². The highest BCUT2D eigenvalue weighted by Crippen LogP contribution is 2.85. The van der Waals surface area contributed by atoms with Crippen LogP contribution in [0.3, 0.4) is 0 Å². The molecule has 0 bridgehead atoms. The number of fused-ring (bicyclic) bond motifs is 2. The molecule has 0 aromatic heterocycles. The monoisotopic (exact) mass is 394 g/mol. The molecule has 1 nitrogen and oxygen atoms in total. The Hall–Kier alpha value is -1.96. The molecule has 0 saturated heterocycles. The second-order valence-corrected chi connectivity index (χ2v) is 9.08. The Bertz CT molecular complexity index is 1030. The van der Waals surface area contributed by atoms with Gasteiger partial charge in [0, 0.05) is 11.5 Å². The SMILES string of the molecule is Cc1ccccc1[C@H]1c2ccccc2O[C@]2(c3ccccc3)C(Cl)(Cl)[C@]12C. The number of para-hydroxylation sites is 1. The van der Waals surface area contributed by atoms with Crippen LogP contribution in [0.2, 0.25) is 0 Å². The zero-order valence-electron chi connectivity index (χ0n) is 15.2. The van der Waals surface area contributed by atoms with E-state index in [4.69, 9.17) is 27.9 Å². The fourth-order valence-corrected chi connectivity index (χ4v) is 6.14. The molecule has 2 aliphatic rings. The second-order valence-electron chi connectivity index (χ2n) is 7.75. The summed E-state index contributed by atoms with van der Waals surface area (Å²) in [5, 5.41) is 0. The zero-order valence-corrected chi connectivity index (χ0v) is 16.8. The van der Waals surface area contributed by atoms with Crippen LogP contribution in [-0.4, -0.2) is 4.33 Å². The lowest BCUT2D eigenvalue weighted by Gasteiger charge is -2.37. The molecule has 136 valence electrons. The predicted octanol–water partition coefficient (Wildman–Crippen LogP) is 6.61. The van der Waals surface area contributed by atoms with E-state index in [1.165, 1.54) is 11.1 Å². The Labute approximate surface area is 169 Å². The predicted molar refractivity (Wildman–Crippen MR) is 111 cm³/mol. The number of halogens is 2. The van der Waals surface area contributed by atoms with Crippen LogP contribution < -0.4 is 4.74 Å². The van der Waals surface area contributed by atoms with Gasteiger partial charge in [0.05, 0.1) is 5.41 Å². The first-order valence-electron chi connectivity index (χ1n) is 9.22. The number of hydrogen-bond acceptors (Lipinski definition) is 1. The van der Waals surface area contributed by atoms with Crippen molar-refractivity contribution in [1.29, 1.82) is 0 Å². The highest BCUT2D eigenvalue weighted by atomic mass is 35.5. The van der Waals surface area contributed by atoms with Gasteiger partial charge in [-0.25, -0.2) is 0 Å². The minimum absolute atomic E-state index is 0.0406. The van der Waals surface area contributed by atoms with Crippen molar-refractivity contribution in [2.24, 2.45) is 5.41 Å². The van der Waals surface area contributed by atoms with Crippen molar-refractivity contribution in [2.75, 3.05) is 0 Å². The number of rotatable bonds is 2. The quantitative estimate of drug-likeness (QED) is 0.444. The summed E-state index contributed by atoms with van der Waals surface area (Å²) in [7, 11) is 0. The molecule has 0 radical (unpaired) electrons. The van der Waals surface area contributed by atoms with Crippen molar-refractivity contribution in [3.8, 4) is 5.75 Å². The molecule has 0 amide bonds. The number of benzene rings is 3. The van der Waals surface area contributed by atoms with Gasteiger partial charge in [-0.15, -0.1) is 0 Å². The fourth-order valence-electron chi connectivity index (χ4n) is 5.06. The van der Waals surface area contributed by atoms with Gasteiger partial charge in [-0.05, 0) is 29.7 Å². The normalized spacial score (nSPS) is 30.0. The molecule has 1 aliphatic heterocycles. The van der Waals surface area contributed by atoms with Gasteiger partial charge in [0.2, 0.25) is 0 Å². The van der Waals surface area contributed by atoms with Crippen LogP contribution >= 0.6 is 23.2 Å². The molecule has 1 heterocycles. The molecular formula is C24H20Cl2O. The first-order chi connectivity index (χ1) is 12.9. The van der Waals surface area contributed by atoms with E-state index in [9.17, 15) is 0 Å². The van der Waals surface area contributed by atoms with Crippen molar-refractivity contribution < 1.29 is 4.74 Å². The summed E-state index contributed by atoms with van der Waals surface area (Å²) in [5.41, 5.74) is 3.36. The van der Waals surface area contributed by atoms with Gasteiger partial charge in [-0.1, -0.05) is 103 Å². The summed E-state index contributed by atoms with van der Waals surface area (Å²) in [6.07, 6.45) is 0. The maximum absolute atomic E-state index is 7.07. The topological polar surface area (TPSA) is 9.23 Å². The van der Waals surface area contributed by atoms with E-state index < -0.39 is 15.3 Å². The van der Waals surface area contributed by atoms with Crippen molar-refractivity contribution >= 4 is 23.2 Å². The summed E-state index contributed by atoms with van der Waals surface area (Å²) in [6.45, 7) is 4.31. The van der Waals surface area contributed by atoms with E-state index in [2.05, 4.69) is 62.4 Å². The maximum atomic E-state index is 7.07. The van der Waals surface area contributed by atoms with Crippen LogP contribution in [0.4, 0.5) is 0 Å². The first-order valence-corrected chi connectivity index (χ1v) is 9.97. The molecule has 3 aromatic rings. The highest BCUT2D eigenvalue weighted by molar-refractivity contribution is 6.53. The van der Waals surface area contributed by atoms with Gasteiger partial charge >= 0.3 is 0 Å². The van der Waals surface area contributed by atoms with E-state index in [0.29, 0.717) is 0 Å². The summed E-state index contributed by atoms with van der Waals surface area (Å²) in [5.74, 6) is 0.897. The van der Waals surface area contributed by atoms with Crippen LogP contribution in [0.5, 0.6) is 5.75 Å². The number of ether oxygens (including phenoxy) is 1. The lowest BCUT2D eigenvalue weighted by molar-refractivity contribution is 0.102. The highest BCUT2D eigenvalue weighted by Gasteiger charge is 2.91. The van der Waals surface area contributed by atoms with E-state index in [-0.39, 0.29) is 5.92 Å². The number of hydrogen-bond donors (Lipinski definition) is 0. The Kier molecular flexibility index (Phi) is 3.51. The summed E-state index contributed by atoms with van der Waals surface area (Å²) < 4.78 is 5.58. The maximum Gasteiger partial charge on any atom is 0.177 e. The molecule has 3 atom stereocenters. The van der Waals surface area contributed by atoms with Crippen LogP contribution in [0.15, 0.2) is 78.9 Å². The molecule has 27 heavy (non-hydrogen) atoms.